The van der Waals surface area contributed by atoms with E-state index in [0.717, 1.165) is 50.8 Å². The third-order valence-electron chi connectivity index (χ3n) is 3.15. The summed E-state index contributed by atoms with van der Waals surface area (Å²) in [5.74, 6) is 0.874. The van der Waals surface area contributed by atoms with Gasteiger partial charge in [0.15, 0.2) is 0 Å². The van der Waals surface area contributed by atoms with Crippen molar-refractivity contribution in [3.8, 4) is 0 Å². The predicted molar refractivity (Wildman–Crippen MR) is 65.8 cm³/mol. The Balaban J connectivity index is 1.95. The van der Waals surface area contributed by atoms with Crippen LogP contribution in [0.25, 0.3) is 0 Å². The number of hydrogen-bond donors (Lipinski definition) is 1. The van der Waals surface area contributed by atoms with Crippen molar-refractivity contribution in [1.29, 1.82) is 0 Å². The van der Waals surface area contributed by atoms with Gasteiger partial charge in [-0.3, -0.25) is 0 Å². The van der Waals surface area contributed by atoms with Gasteiger partial charge in [0.2, 0.25) is 5.95 Å². The molecule has 2 aliphatic rings. The monoisotopic (exact) mass is 253 g/mol. The summed E-state index contributed by atoms with van der Waals surface area (Å²) in [4.78, 5) is 10.0. The van der Waals surface area contributed by atoms with E-state index in [9.17, 15) is 0 Å². The average molecular weight is 253 g/mol. The molecule has 0 aromatic carbocycles. The highest BCUT2D eigenvalue weighted by Gasteiger charge is 2.18. The summed E-state index contributed by atoms with van der Waals surface area (Å²) < 4.78 is 11.4. The van der Waals surface area contributed by atoms with Gasteiger partial charge in [0.25, 0.3) is 0 Å². The van der Waals surface area contributed by atoms with Gasteiger partial charge >= 0.3 is 0 Å². The molecule has 5 nitrogen and oxygen atoms in total. The zero-order chi connectivity index (χ0) is 11.7. The number of anilines is 1. The molecule has 17 heavy (non-hydrogen) atoms. The van der Waals surface area contributed by atoms with Crippen molar-refractivity contribution in [3.63, 3.8) is 0 Å². The molecule has 1 aromatic rings. The molecule has 1 saturated heterocycles. The Morgan fingerprint density at radius 2 is 2.00 bits per heavy atom. The predicted octanol–water partition coefficient (Wildman–Crippen LogP) is 1.05. The fourth-order valence-corrected chi connectivity index (χ4v) is 2.44. The van der Waals surface area contributed by atoms with Crippen molar-refractivity contribution in [2.45, 2.75) is 13.0 Å². The lowest BCUT2D eigenvalue weighted by atomic mass is 10.1. The van der Waals surface area contributed by atoms with Gasteiger partial charge in [0.1, 0.15) is 4.64 Å². The molecule has 0 bridgehead atoms. The van der Waals surface area contributed by atoms with Crippen LogP contribution in [-0.4, -0.2) is 42.9 Å². The fourth-order valence-electron chi connectivity index (χ4n) is 2.17. The number of rotatable bonds is 1. The Morgan fingerprint density at radius 3 is 2.82 bits per heavy atom. The molecule has 92 valence electrons. The van der Waals surface area contributed by atoms with Gasteiger partial charge in [-0.2, -0.15) is 0 Å². The Labute approximate surface area is 105 Å². The highest BCUT2D eigenvalue weighted by atomic mass is 32.1. The lowest BCUT2D eigenvalue weighted by Crippen LogP contribution is -2.37. The van der Waals surface area contributed by atoms with Crippen LogP contribution in [0.1, 0.15) is 11.3 Å². The van der Waals surface area contributed by atoms with Crippen molar-refractivity contribution in [3.05, 3.63) is 15.9 Å². The summed E-state index contributed by atoms with van der Waals surface area (Å²) in [6.07, 6.45) is 0.888. The minimum atomic E-state index is 0.584. The van der Waals surface area contributed by atoms with Crippen molar-refractivity contribution < 1.29 is 9.47 Å². The van der Waals surface area contributed by atoms with Gasteiger partial charge in [-0.15, -0.1) is 0 Å². The van der Waals surface area contributed by atoms with Crippen LogP contribution in [0.5, 0.6) is 0 Å². The minimum absolute atomic E-state index is 0.584. The maximum Gasteiger partial charge on any atom is 0.204 e. The highest BCUT2D eigenvalue weighted by Crippen LogP contribution is 2.19. The van der Waals surface area contributed by atoms with E-state index in [0.29, 0.717) is 11.2 Å². The molecule has 0 unspecified atom stereocenters. The quantitative estimate of drug-likeness (QED) is 0.758. The SMILES string of the molecule is S=c1nc(N2CCOCC2)[nH]c2c1COCC2. The molecule has 0 saturated carbocycles. The molecule has 1 fully saturated rings. The summed E-state index contributed by atoms with van der Waals surface area (Å²) in [7, 11) is 0. The van der Waals surface area contributed by atoms with E-state index < -0.39 is 0 Å². The first-order chi connectivity index (χ1) is 8.34. The highest BCUT2D eigenvalue weighted by molar-refractivity contribution is 7.71. The smallest absolute Gasteiger partial charge is 0.204 e. The van der Waals surface area contributed by atoms with Gasteiger partial charge < -0.3 is 19.4 Å². The van der Waals surface area contributed by atoms with E-state index in [2.05, 4.69) is 14.9 Å². The third kappa shape index (κ3) is 2.20. The van der Waals surface area contributed by atoms with E-state index >= 15 is 0 Å². The second kappa shape index (κ2) is 4.72. The molecule has 0 aliphatic carbocycles. The van der Waals surface area contributed by atoms with Gasteiger partial charge in [0, 0.05) is 30.8 Å². The maximum atomic E-state index is 5.40. The number of fused-ring (bicyclic) bond motifs is 1. The Morgan fingerprint density at radius 1 is 1.18 bits per heavy atom. The summed E-state index contributed by atoms with van der Waals surface area (Å²) in [5.41, 5.74) is 2.22. The van der Waals surface area contributed by atoms with Crippen LogP contribution < -0.4 is 4.90 Å². The minimum Gasteiger partial charge on any atom is -0.378 e. The first kappa shape index (κ1) is 11.1. The average Bonchev–Trinajstić information content (AvgIpc) is 2.40. The van der Waals surface area contributed by atoms with Crippen LogP contribution in [0.15, 0.2) is 0 Å². The Hall–Kier alpha value is -0.980. The number of ether oxygens (including phenoxy) is 2. The Kier molecular flexibility index (Phi) is 3.09. The lowest BCUT2D eigenvalue weighted by Gasteiger charge is -2.28. The van der Waals surface area contributed by atoms with E-state index in [1.807, 2.05) is 0 Å². The van der Waals surface area contributed by atoms with Crippen LogP contribution in [0.3, 0.4) is 0 Å². The number of nitrogens with zero attached hydrogens (tertiary/aromatic N) is 2. The molecule has 0 radical (unpaired) electrons. The fraction of sp³-hybridized carbons (Fsp3) is 0.636. The van der Waals surface area contributed by atoms with Crippen molar-refractivity contribution in [2.24, 2.45) is 0 Å². The molecular weight excluding hydrogens is 238 g/mol. The van der Waals surface area contributed by atoms with Gasteiger partial charge in [-0.25, -0.2) is 4.98 Å². The number of hydrogen-bond acceptors (Lipinski definition) is 5. The topological polar surface area (TPSA) is 50.4 Å². The number of aromatic nitrogens is 2. The second-order valence-corrected chi connectivity index (χ2v) is 4.61. The molecule has 3 rings (SSSR count). The Bertz CT molecular complexity index is 468. The van der Waals surface area contributed by atoms with E-state index in [-0.39, 0.29) is 0 Å². The van der Waals surface area contributed by atoms with Crippen LogP contribution in [-0.2, 0) is 22.5 Å². The third-order valence-corrected chi connectivity index (χ3v) is 3.48. The molecular formula is C11H15N3O2S. The maximum absolute atomic E-state index is 5.40. The molecule has 0 amide bonds. The molecule has 2 aliphatic heterocycles. The first-order valence-corrected chi connectivity index (χ1v) is 6.28. The molecule has 3 heterocycles. The molecule has 6 heteroatoms. The first-order valence-electron chi connectivity index (χ1n) is 5.87. The van der Waals surface area contributed by atoms with Crippen LogP contribution in [0.4, 0.5) is 5.95 Å². The molecule has 1 aromatic heterocycles. The summed E-state index contributed by atoms with van der Waals surface area (Å²) >= 11 is 5.33. The largest absolute Gasteiger partial charge is 0.378 e. The zero-order valence-electron chi connectivity index (χ0n) is 9.57. The zero-order valence-corrected chi connectivity index (χ0v) is 10.4. The molecule has 0 spiro atoms. The summed E-state index contributed by atoms with van der Waals surface area (Å²) in [6.45, 7) is 4.58. The van der Waals surface area contributed by atoms with Crippen LogP contribution in [0, 0.1) is 4.64 Å². The van der Waals surface area contributed by atoms with Crippen molar-refractivity contribution in [2.75, 3.05) is 37.8 Å². The van der Waals surface area contributed by atoms with Gasteiger partial charge in [-0.05, 0) is 0 Å². The van der Waals surface area contributed by atoms with Crippen LogP contribution in [0.2, 0.25) is 0 Å². The van der Waals surface area contributed by atoms with Gasteiger partial charge in [-0.1, -0.05) is 12.2 Å². The summed E-state index contributed by atoms with van der Waals surface area (Å²) in [6, 6.07) is 0. The second-order valence-electron chi connectivity index (χ2n) is 4.22. The van der Waals surface area contributed by atoms with E-state index in [1.54, 1.807) is 0 Å². The van der Waals surface area contributed by atoms with Crippen molar-refractivity contribution in [1.82, 2.24) is 9.97 Å². The number of morpholine rings is 1. The molecule has 1 N–H and O–H groups in total. The van der Waals surface area contributed by atoms with Gasteiger partial charge in [0.05, 0.1) is 26.4 Å². The number of nitrogens with one attached hydrogen (secondary N) is 1. The normalized spacial score (nSPS) is 20.1. The van der Waals surface area contributed by atoms with E-state index in [4.69, 9.17) is 21.7 Å². The lowest BCUT2D eigenvalue weighted by molar-refractivity contribution is 0.108. The van der Waals surface area contributed by atoms with Crippen LogP contribution >= 0.6 is 12.2 Å². The number of H-pyrrole nitrogens is 1. The standard InChI is InChI=1S/C11H15N3O2S/c17-10-8-7-16-4-1-9(8)12-11(13-10)14-2-5-15-6-3-14/h1-7H2,(H,12,13,17). The number of aromatic amines is 1. The van der Waals surface area contributed by atoms with Crippen molar-refractivity contribution >= 4 is 18.2 Å². The summed E-state index contributed by atoms with van der Waals surface area (Å²) in [5, 5.41) is 0. The molecule has 0 atom stereocenters. The van der Waals surface area contributed by atoms with E-state index in [1.165, 1.54) is 5.69 Å².